The quantitative estimate of drug-likeness (QED) is 0.752. The molecule has 1 saturated heterocycles. The monoisotopic (exact) mass is 237 g/mol. The summed E-state index contributed by atoms with van der Waals surface area (Å²) in [5.74, 6) is 1.88. The van der Waals surface area contributed by atoms with Gasteiger partial charge in [0.25, 0.3) is 0 Å². The van der Waals surface area contributed by atoms with E-state index in [1.807, 2.05) is 12.1 Å². The molecule has 2 aliphatic rings. The fraction of sp³-hybridized carbons (Fsp3) is 0.667. The number of anilines is 1. The molecule has 3 rings (SSSR count). The van der Waals surface area contributed by atoms with Crippen LogP contribution in [0.25, 0.3) is 0 Å². The van der Waals surface area contributed by atoms with Crippen LogP contribution in [0.1, 0.15) is 32.1 Å². The highest BCUT2D eigenvalue weighted by Gasteiger charge is 2.36. The molecule has 1 aliphatic carbocycles. The van der Waals surface area contributed by atoms with E-state index in [1.165, 1.54) is 32.1 Å². The largest absolute Gasteiger partial charge is 0.352 e. The first kappa shape index (κ1) is 10.3. The van der Waals surface area contributed by atoms with E-state index < -0.39 is 0 Å². The SMILES string of the molecule is Clc1ccc(N2CCC3CCCCC32)nn1. The minimum Gasteiger partial charge on any atom is -0.352 e. The lowest BCUT2D eigenvalue weighted by Crippen LogP contribution is -2.35. The second-order valence-electron chi connectivity index (χ2n) is 4.81. The summed E-state index contributed by atoms with van der Waals surface area (Å²) in [6.45, 7) is 1.13. The molecule has 86 valence electrons. The first-order valence-corrected chi connectivity index (χ1v) is 6.48. The lowest BCUT2D eigenvalue weighted by molar-refractivity contribution is 0.341. The fourth-order valence-corrected chi connectivity index (χ4v) is 3.25. The van der Waals surface area contributed by atoms with Crippen LogP contribution in [-0.4, -0.2) is 22.8 Å². The number of hydrogen-bond acceptors (Lipinski definition) is 3. The Morgan fingerprint density at radius 1 is 1.12 bits per heavy atom. The van der Waals surface area contributed by atoms with Gasteiger partial charge in [0.05, 0.1) is 0 Å². The first-order chi connectivity index (χ1) is 7.84. The van der Waals surface area contributed by atoms with Crippen molar-refractivity contribution in [2.75, 3.05) is 11.4 Å². The third-order valence-corrected chi connectivity index (χ3v) is 4.12. The van der Waals surface area contributed by atoms with Gasteiger partial charge in [0.2, 0.25) is 0 Å². The summed E-state index contributed by atoms with van der Waals surface area (Å²) in [7, 11) is 0. The minimum absolute atomic E-state index is 0.475. The lowest BCUT2D eigenvalue weighted by atomic mass is 9.85. The summed E-state index contributed by atoms with van der Waals surface area (Å²) >= 11 is 5.76. The zero-order valence-electron chi connectivity index (χ0n) is 9.27. The van der Waals surface area contributed by atoms with Crippen LogP contribution < -0.4 is 4.90 Å². The number of halogens is 1. The molecule has 16 heavy (non-hydrogen) atoms. The Kier molecular flexibility index (Phi) is 2.72. The fourth-order valence-electron chi connectivity index (χ4n) is 3.15. The maximum absolute atomic E-state index is 5.76. The molecular formula is C12H16ClN3. The van der Waals surface area contributed by atoms with Crippen LogP contribution in [0, 0.1) is 5.92 Å². The molecule has 0 aromatic carbocycles. The van der Waals surface area contributed by atoms with Gasteiger partial charge in [-0.3, -0.25) is 0 Å². The lowest BCUT2D eigenvalue weighted by Gasteiger charge is -2.32. The van der Waals surface area contributed by atoms with Crippen molar-refractivity contribution in [1.29, 1.82) is 0 Å². The van der Waals surface area contributed by atoms with Crippen LogP contribution in [0.2, 0.25) is 5.15 Å². The standard InChI is InChI=1S/C12H16ClN3/c13-11-5-6-12(15-14-11)16-8-7-9-3-1-2-4-10(9)16/h5-6,9-10H,1-4,7-8H2. The number of aromatic nitrogens is 2. The highest BCUT2D eigenvalue weighted by atomic mass is 35.5. The zero-order chi connectivity index (χ0) is 11.0. The van der Waals surface area contributed by atoms with E-state index in [1.54, 1.807) is 0 Å². The molecule has 3 nitrogen and oxygen atoms in total. The van der Waals surface area contributed by atoms with Crippen LogP contribution in [0.4, 0.5) is 5.82 Å². The molecule has 0 amide bonds. The van der Waals surface area contributed by atoms with E-state index in [9.17, 15) is 0 Å². The molecule has 2 atom stereocenters. The second-order valence-corrected chi connectivity index (χ2v) is 5.20. The van der Waals surface area contributed by atoms with Gasteiger partial charge in [-0.05, 0) is 37.3 Å². The average molecular weight is 238 g/mol. The van der Waals surface area contributed by atoms with Crippen LogP contribution in [0.5, 0.6) is 0 Å². The van der Waals surface area contributed by atoms with Crippen molar-refractivity contribution in [3.8, 4) is 0 Å². The number of nitrogens with zero attached hydrogens (tertiary/aromatic N) is 3. The number of rotatable bonds is 1. The van der Waals surface area contributed by atoms with Crippen LogP contribution in [0.3, 0.4) is 0 Å². The van der Waals surface area contributed by atoms with Crippen molar-refractivity contribution < 1.29 is 0 Å². The third kappa shape index (κ3) is 1.77. The van der Waals surface area contributed by atoms with Gasteiger partial charge in [-0.2, -0.15) is 0 Å². The molecule has 4 heteroatoms. The highest BCUT2D eigenvalue weighted by molar-refractivity contribution is 6.29. The molecule has 1 aliphatic heterocycles. The molecule has 0 bridgehead atoms. The first-order valence-electron chi connectivity index (χ1n) is 6.10. The zero-order valence-corrected chi connectivity index (χ0v) is 10.0. The van der Waals surface area contributed by atoms with E-state index in [0.717, 1.165) is 18.3 Å². The smallest absolute Gasteiger partial charge is 0.151 e. The Hall–Kier alpha value is -0.830. The van der Waals surface area contributed by atoms with E-state index >= 15 is 0 Å². The van der Waals surface area contributed by atoms with Gasteiger partial charge >= 0.3 is 0 Å². The van der Waals surface area contributed by atoms with Crippen molar-refractivity contribution in [3.63, 3.8) is 0 Å². The van der Waals surface area contributed by atoms with Crippen LogP contribution in [0.15, 0.2) is 12.1 Å². The van der Waals surface area contributed by atoms with Gasteiger partial charge in [0, 0.05) is 12.6 Å². The predicted molar refractivity (Wildman–Crippen MR) is 64.8 cm³/mol. The molecule has 0 spiro atoms. The van der Waals surface area contributed by atoms with E-state index in [0.29, 0.717) is 11.2 Å². The Balaban J connectivity index is 1.82. The van der Waals surface area contributed by atoms with Gasteiger partial charge in [-0.1, -0.05) is 24.4 Å². The maximum atomic E-state index is 5.76. The molecule has 1 aromatic heterocycles. The molecule has 0 N–H and O–H groups in total. The summed E-state index contributed by atoms with van der Waals surface area (Å²) in [6, 6.07) is 4.52. The highest BCUT2D eigenvalue weighted by Crippen LogP contribution is 2.37. The summed E-state index contributed by atoms with van der Waals surface area (Å²) < 4.78 is 0. The molecular weight excluding hydrogens is 222 g/mol. The third-order valence-electron chi connectivity index (χ3n) is 3.92. The number of hydrogen-bond donors (Lipinski definition) is 0. The summed E-state index contributed by atoms with van der Waals surface area (Å²) in [5, 5.41) is 8.61. The van der Waals surface area contributed by atoms with Gasteiger partial charge in [0.1, 0.15) is 0 Å². The van der Waals surface area contributed by atoms with E-state index in [-0.39, 0.29) is 0 Å². The summed E-state index contributed by atoms with van der Waals surface area (Å²) in [5.41, 5.74) is 0. The van der Waals surface area contributed by atoms with E-state index in [2.05, 4.69) is 15.1 Å². The molecule has 0 radical (unpaired) electrons. The summed E-state index contributed by atoms with van der Waals surface area (Å²) in [4.78, 5) is 2.42. The average Bonchev–Trinajstić information content (AvgIpc) is 2.74. The molecule has 1 aromatic rings. The Morgan fingerprint density at radius 2 is 2.00 bits per heavy atom. The molecule has 1 saturated carbocycles. The van der Waals surface area contributed by atoms with Crippen molar-refractivity contribution in [3.05, 3.63) is 17.3 Å². The van der Waals surface area contributed by atoms with Gasteiger partial charge in [-0.15, -0.1) is 10.2 Å². The van der Waals surface area contributed by atoms with Gasteiger partial charge < -0.3 is 4.90 Å². The topological polar surface area (TPSA) is 29.0 Å². The van der Waals surface area contributed by atoms with E-state index in [4.69, 9.17) is 11.6 Å². The van der Waals surface area contributed by atoms with Crippen LogP contribution in [-0.2, 0) is 0 Å². The summed E-state index contributed by atoms with van der Waals surface area (Å²) in [6.07, 6.45) is 6.78. The maximum Gasteiger partial charge on any atom is 0.151 e. The van der Waals surface area contributed by atoms with Gasteiger partial charge in [-0.25, -0.2) is 0 Å². The van der Waals surface area contributed by atoms with Crippen molar-refractivity contribution >= 4 is 17.4 Å². The predicted octanol–water partition coefficient (Wildman–Crippen LogP) is 2.90. The minimum atomic E-state index is 0.475. The molecule has 2 unspecified atom stereocenters. The van der Waals surface area contributed by atoms with Crippen molar-refractivity contribution in [2.45, 2.75) is 38.1 Å². The number of fused-ring (bicyclic) bond motifs is 1. The Bertz CT molecular complexity index is 365. The normalized spacial score (nSPS) is 29.2. The second kappa shape index (κ2) is 4.21. The van der Waals surface area contributed by atoms with Crippen molar-refractivity contribution in [1.82, 2.24) is 10.2 Å². The van der Waals surface area contributed by atoms with Crippen LogP contribution >= 0.6 is 11.6 Å². The molecule has 2 heterocycles. The Morgan fingerprint density at radius 3 is 2.81 bits per heavy atom. The Labute approximate surface area is 101 Å². The van der Waals surface area contributed by atoms with Crippen molar-refractivity contribution in [2.24, 2.45) is 5.92 Å². The molecule has 2 fully saturated rings. The van der Waals surface area contributed by atoms with Gasteiger partial charge in [0.15, 0.2) is 11.0 Å².